The molecule has 0 bridgehead atoms. The maximum absolute atomic E-state index is 11.8. The smallest absolute Gasteiger partial charge is 0.243 e. The van der Waals surface area contributed by atoms with Gasteiger partial charge in [-0.1, -0.05) is 0 Å². The molecule has 2 atom stereocenters. The first-order chi connectivity index (χ1) is 7.63. The van der Waals surface area contributed by atoms with E-state index in [1.807, 2.05) is 6.92 Å². The Labute approximate surface area is 99.7 Å². The quantitative estimate of drug-likeness (QED) is 0.718. The average Bonchev–Trinajstić information content (AvgIpc) is 2.43. The maximum Gasteiger partial charge on any atom is 0.243 e. The highest BCUT2D eigenvalue weighted by molar-refractivity contribution is 7.99. The predicted octanol–water partition coefficient (Wildman–Crippen LogP) is -0.241. The van der Waals surface area contributed by atoms with Gasteiger partial charge in [0.05, 0.1) is 6.61 Å². The zero-order chi connectivity index (χ0) is 12.0. The Morgan fingerprint density at radius 2 is 2.50 bits per heavy atom. The number of amides is 2. The van der Waals surface area contributed by atoms with Crippen molar-refractivity contribution in [2.75, 3.05) is 25.2 Å². The molecule has 0 radical (unpaired) electrons. The van der Waals surface area contributed by atoms with Crippen LogP contribution in [0.15, 0.2) is 0 Å². The molecule has 92 valence electrons. The first-order valence-electron chi connectivity index (χ1n) is 5.30. The number of ether oxygens (including phenoxy) is 1. The summed E-state index contributed by atoms with van der Waals surface area (Å²) >= 11 is 1.62. The highest BCUT2D eigenvalue weighted by Gasteiger charge is 2.24. The van der Waals surface area contributed by atoms with Crippen LogP contribution in [0.1, 0.15) is 13.3 Å². The Kier molecular flexibility index (Phi) is 5.62. The molecular formula is C10H18N2O3S. The lowest BCUT2D eigenvalue weighted by Crippen LogP contribution is -2.50. The van der Waals surface area contributed by atoms with Crippen LogP contribution < -0.4 is 10.6 Å². The predicted molar refractivity (Wildman–Crippen MR) is 63.4 cm³/mol. The lowest BCUT2D eigenvalue weighted by Gasteiger charge is -2.18. The molecule has 0 unspecified atom stereocenters. The Bertz CT molecular complexity index is 260. The molecule has 0 saturated carbocycles. The summed E-state index contributed by atoms with van der Waals surface area (Å²) in [5, 5.41) is 5.52. The molecule has 16 heavy (non-hydrogen) atoms. The second kappa shape index (κ2) is 6.75. The van der Waals surface area contributed by atoms with E-state index >= 15 is 0 Å². The summed E-state index contributed by atoms with van der Waals surface area (Å²) in [6.45, 7) is 2.34. The summed E-state index contributed by atoms with van der Waals surface area (Å²) in [4.78, 5) is 23.1. The fraction of sp³-hybridized carbons (Fsp3) is 0.800. The van der Waals surface area contributed by atoms with Crippen LogP contribution >= 0.6 is 11.8 Å². The molecular weight excluding hydrogens is 228 g/mol. The van der Waals surface area contributed by atoms with Gasteiger partial charge in [-0.05, 0) is 6.92 Å². The molecule has 5 nitrogen and oxygen atoms in total. The molecule has 0 aromatic carbocycles. The van der Waals surface area contributed by atoms with Crippen molar-refractivity contribution in [3.05, 3.63) is 0 Å². The molecule has 1 aliphatic rings. The summed E-state index contributed by atoms with van der Waals surface area (Å²) in [6.07, 6.45) is 0.488. The van der Waals surface area contributed by atoms with Crippen molar-refractivity contribution >= 4 is 23.6 Å². The van der Waals surface area contributed by atoms with Gasteiger partial charge < -0.3 is 15.4 Å². The standard InChI is InChI=1S/C10H18N2O3S/c1-7(5-15-2)11-10(14)8-6-16-4-3-9(13)12-8/h7-8H,3-6H2,1-2H3,(H,11,14)(H,12,13)/t7-,8-/m1/s1. The zero-order valence-corrected chi connectivity index (χ0v) is 10.4. The molecule has 1 heterocycles. The van der Waals surface area contributed by atoms with Gasteiger partial charge in [0.25, 0.3) is 0 Å². The van der Waals surface area contributed by atoms with E-state index in [0.29, 0.717) is 18.8 Å². The van der Waals surface area contributed by atoms with Crippen LogP contribution in [0.4, 0.5) is 0 Å². The van der Waals surface area contributed by atoms with Crippen molar-refractivity contribution in [1.29, 1.82) is 0 Å². The molecule has 0 aliphatic carbocycles. The molecule has 0 spiro atoms. The topological polar surface area (TPSA) is 67.4 Å². The number of methoxy groups -OCH3 is 1. The van der Waals surface area contributed by atoms with Crippen LogP contribution in [-0.4, -0.2) is 49.1 Å². The van der Waals surface area contributed by atoms with Gasteiger partial charge in [0.1, 0.15) is 6.04 Å². The summed E-state index contributed by atoms with van der Waals surface area (Å²) in [5.41, 5.74) is 0. The number of hydrogen-bond acceptors (Lipinski definition) is 4. The van der Waals surface area contributed by atoms with Crippen molar-refractivity contribution in [2.24, 2.45) is 0 Å². The fourth-order valence-electron chi connectivity index (χ4n) is 1.45. The third kappa shape index (κ3) is 4.40. The minimum absolute atomic E-state index is 0.0392. The van der Waals surface area contributed by atoms with Crippen molar-refractivity contribution in [3.8, 4) is 0 Å². The van der Waals surface area contributed by atoms with Gasteiger partial charge in [0.15, 0.2) is 0 Å². The van der Waals surface area contributed by atoms with E-state index < -0.39 is 6.04 Å². The van der Waals surface area contributed by atoms with E-state index in [2.05, 4.69) is 10.6 Å². The van der Waals surface area contributed by atoms with E-state index in [1.165, 1.54) is 0 Å². The summed E-state index contributed by atoms with van der Waals surface area (Å²) < 4.78 is 4.93. The Hall–Kier alpha value is -0.750. The summed E-state index contributed by atoms with van der Waals surface area (Å²) in [6, 6.07) is -0.457. The highest BCUT2D eigenvalue weighted by atomic mass is 32.2. The van der Waals surface area contributed by atoms with E-state index in [4.69, 9.17) is 4.74 Å². The van der Waals surface area contributed by atoms with E-state index in [-0.39, 0.29) is 17.9 Å². The second-order valence-corrected chi connectivity index (χ2v) is 4.96. The van der Waals surface area contributed by atoms with Crippen LogP contribution in [0, 0.1) is 0 Å². The van der Waals surface area contributed by atoms with Crippen molar-refractivity contribution in [1.82, 2.24) is 10.6 Å². The summed E-state index contributed by atoms with van der Waals surface area (Å²) in [7, 11) is 1.59. The lowest BCUT2D eigenvalue weighted by atomic mass is 10.2. The SMILES string of the molecule is COC[C@@H](C)NC(=O)[C@H]1CSCCC(=O)N1. The number of hydrogen-bond donors (Lipinski definition) is 2. The number of carbonyl (C=O) groups is 2. The number of carbonyl (C=O) groups excluding carboxylic acids is 2. The fourth-order valence-corrected chi connectivity index (χ4v) is 2.42. The number of nitrogens with one attached hydrogen (secondary N) is 2. The third-order valence-electron chi connectivity index (χ3n) is 2.22. The van der Waals surface area contributed by atoms with Crippen LogP contribution in [0.25, 0.3) is 0 Å². The minimum atomic E-state index is -0.417. The van der Waals surface area contributed by atoms with Gasteiger partial charge in [-0.3, -0.25) is 9.59 Å². The molecule has 1 aliphatic heterocycles. The monoisotopic (exact) mass is 246 g/mol. The normalized spacial score (nSPS) is 23.1. The number of thioether (sulfide) groups is 1. The van der Waals surface area contributed by atoms with Crippen LogP contribution in [0.5, 0.6) is 0 Å². The van der Waals surface area contributed by atoms with Crippen LogP contribution in [0.3, 0.4) is 0 Å². The van der Waals surface area contributed by atoms with Gasteiger partial charge in [0.2, 0.25) is 11.8 Å². The average molecular weight is 246 g/mol. The first-order valence-corrected chi connectivity index (χ1v) is 6.45. The summed E-state index contributed by atoms with van der Waals surface area (Å²) in [5.74, 6) is 1.23. The molecule has 2 amide bonds. The van der Waals surface area contributed by atoms with Crippen LogP contribution in [0.2, 0.25) is 0 Å². The molecule has 2 N–H and O–H groups in total. The first kappa shape index (κ1) is 13.3. The molecule has 1 fully saturated rings. The highest BCUT2D eigenvalue weighted by Crippen LogP contribution is 2.09. The second-order valence-electron chi connectivity index (χ2n) is 3.81. The molecule has 6 heteroatoms. The molecule has 1 saturated heterocycles. The van der Waals surface area contributed by atoms with Gasteiger partial charge >= 0.3 is 0 Å². The number of rotatable bonds is 4. The lowest BCUT2D eigenvalue weighted by molar-refractivity contribution is -0.128. The van der Waals surface area contributed by atoms with Gasteiger partial charge in [-0.25, -0.2) is 0 Å². The van der Waals surface area contributed by atoms with Gasteiger partial charge in [-0.2, -0.15) is 11.8 Å². The Morgan fingerprint density at radius 3 is 3.19 bits per heavy atom. The van der Waals surface area contributed by atoms with E-state index in [9.17, 15) is 9.59 Å². The van der Waals surface area contributed by atoms with Crippen LogP contribution in [-0.2, 0) is 14.3 Å². The van der Waals surface area contributed by atoms with Crippen molar-refractivity contribution < 1.29 is 14.3 Å². The van der Waals surface area contributed by atoms with Crippen molar-refractivity contribution in [2.45, 2.75) is 25.4 Å². The van der Waals surface area contributed by atoms with Gasteiger partial charge in [0, 0.05) is 31.1 Å². The Balaban J connectivity index is 2.42. The molecule has 1 rings (SSSR count). The molecule has 0 aromatic heterocycles. The van der Waals surface area contributed by atoms with Crippen molar-refractivity contribution in [3.63, 3.8) is 0 Å². The van der Waals surface area contributed by atoms with Gasteiger partial charge in [-0.15, -0.1) is 0 Å². The Morgan fingerprint density at radius 1 is 1.75 bits per heavy atom. The largest absolute Gasteiger partial charge is 0.383 e. The zero-order valence-electron chi connectivity index (χ0n) is 9.62. The molecule has 0 aromatic rings. The minimum Gasteiger partial charge on any atom is -0.383 e. The van der Waals surface area contributed by atoms with E-state index in [1.54, 1.807) is 18.9 Å². The van der Waals surface area contributed by atoms with E-state index in [0.717, 1.165) is 5.75 Å². The third-order valence-corrected chi connectivity index (χ3v) is 3.28. The maximum atomic E-state index is 11.8.